The van der Waals surface area contributed by atoms with E-state index in [1.807, 2.05) is 54.7 Å². The van der Waals surface area contributed by atoms with Crippen molar-refractivity contribution >= 4 is 40.2 Å². The number of aromatic amines is 1. The number of H-pyrrole nitrogens is 1. The van der Waals surface area contributed by atoms with Gasteiger partial charge in [-0.25, -0.2) is 0 Å². The maximum Gasteiger partial charge on any atom is 0.252 e. The Bertz CT molecular complexity index is 1520. The first-order valence-electron chi connectivity index (χ1n) is 13.8. The first kappa shape index (κ1) is 28.5. The van der Waals surface area contributed by atoms with E-state index in [0.717, 1.165) is 35.1 Å². The molecule has 1 aliphatic heterocycles. The number of hydrogen-bond acceptors (Lipinski definition) is 5. The lowest BCUT2D eigenvalue weighted by Gasteiger charge is -2.36. The van der Waals surface area contributed by atoms with E-state index in [1.165, 1.54) is 11.8 Å². The summed E-state index contributed by atoms with van der Waals surface area (Å²) in [4.78, 5) is 46.8. The Morgan fingerprint density at radius 1 is 1.00 bits per heavy atom. The number of piperazine rings is 1. The normalized spacial score (nSPS) is 16.3. The van der Waals surface area contributed by atoms with Gasteiger partial charge >= 0.3 is 0 Å². The number of nitrogens with one attached hydrogen (secondary N) is 3. The molecule has 1 aromatic heterocycles. The molecule has 0 bridgehead atoms. The first-order chi connectivity index (χ1) is 19.9. The SMILES string of the molecule is CC(=O)N(Cc1ccccc1Cl)C(=O)C(Cc1c[nH]c2ccccc12)NC(=O)CN1CCNCC1c1ccccc1. The van der Waals surface area contributed by atoms with Crippen LogP contribution in [-0.2, 0) is 27.3 Å². The van der Waals surface area contributed by atoms with Crippen molar-refractivity contribution in [3.63, 3.8) is 0 Å². The maximum absolute atomic E-state index is 14.0. The molecule has 5 rings (SSSR count). The van der Waals surface area contributed by atoms with Crippen LogP contribution in [-0.4, -0.2) is 64.7 Å². The fourth-order valence-corrected chi connectivity index (χ4v) is 5.61. The zero-order valence-electron chi connectivity index (χ0n) is 23.0. The number of carbonyl (C=O) groups excluding carboxylic acids is 3. The smallest absolute Gasteiger partial charge is 0.252 e. The molecule has 0 aliphatic carbocycles. The predicted molar refractivity (Wildman–Crippen MR) is 160 cm³/mol. The Balaban J connectivity index is 1.39. The van der Waals surface area contributed by atoms with Gasteiger partial charge in [-0.05, 0) is 28.8 Å². The van der Waals surface area contributed by atoms with Crippen LogP contribution in [0.3, 0.4) is 0 Å². The highest BCUT2D eigenvalue weighted by Gasteiger charge is 2.32. The van der Waals surface area contributed by atoms with Crippen LogP contribution in [0.15, 0.2) is 85.1 Å². The lowest BCUT2D eigenvalue weighted by molar-refractivity contribution is -0.147. The van der Waals surface area contributed by atoms with Gasteiger partial charge in [0.1, 0.15) is 6.04 Å². The van der Waals surface area contributed by atoms with E-state index in [9.17, 15) is 14.4 Å². The van der Waals surface area contributed by atoms with Gasteiger partial charge in [-0.15, -0.1) is 0 Å². The maximum atomic E-state index is 14.0. The second kappa shape index (κ2) is 13.1. The number of amides is 3. The molecule has 3 N–H and O–H groups in total. The molecule has 2 unspecified atom stereocenters. The second-order valence-corrected chi connectivity index (χ2v) is 10.7. The van der Waals surface area contributed by atoms with E-state index in [-0.39, 0.29) is 31.5 Å². The number of fused-ring (bicyclic) bond motifs is 1. The Hall–Kier alpha value is -3.98. The summed E-state index contributed by atoms with van der Waals surface area (Å²) in [6.07, 6.45) is 2.08. The summed E-state index contributed by atoms with van der Waals surface area (Å²) < 4.78 is 0. The molecule has 3 aromatic carbocycles. The van der Waals surface area contributed by atoms with Crippen molar-refractivity contribution in [2.45, 2.75) is 32.0 Å². The summed E-state index contributed by atoms with van der Waals surface area (Å²) in [5.74, 6) is -1.16. The van der Waals surface area contributed by atoms with Gasteiger partial charge < -0.3 is 15.6 Å². The fourth-order valence-electron chi connectivity index (χ4n) is 5.41. The highest BCUT2D eigenvalue weighted by Crippen LogP contribution is 2.23. The van der Waals surface area contributed by atoms with Gasteiger partial charge in [-0.1, -0.05) is 78.3 Å². The van der Waals surface area contributed by atoms with Gasteiger partial charge in [0.15, 0.2) is 0 Å². The van der Waals surface area contributed by atoms with Crippen LogP contribution in [0.1, 0.15) is 29.7 Å². The van der Waals surface area contributed by atoms with E-state index in [1.54, 1.807) is 18.2 Å². The molecule has 0 spiro atoms. The van der Waals surface area contributed by atoms with Crippen LogP contribution in [0, 0.1) is 0 Å². The number of rotatable bonds is 9. The van der Waals surface area contributed by atoms with Crippen molar-refractivity contribution in [2.75, 3.05) is 26.2 Å². The van der Waals surface area contributed by atoms with Crippen LogP contribution < -0.4 is 10.6 Å². The molecule has 2 heterocycles. The quantitative estimate of drug-likeness (QED) is 0.281. The van der Waals surface area contributed by atoms with E-state index in [4.69, 9.17) is 11.6 Å². The lowest BCUT2D eigenvalue weighted by atomic mass is 10.0. The third-order valence-corrected chi connectivity index (χ3v) is 7.92. The number of benzene rings is 3. The Kier molecular flexibility index (Phi) is 9.14. The van der Waals surface area contributed by atoms with E-state index >= 15 is 0 Å². The molecular formula is C32H34ClN5O3. The third-order valence-electron chi connectivity index (χ3n) is 7.55. The fraction of sp³-hybridized carbons (Fsp3) is 0.281. The largest absolute Gasteiger partial charge is 0.361 e. The van der Waals surface area contributed by atoms with E-state index in [0.29, 0.717) is 17.1 Å². The molecule has 4 aromatic rings. The Morgan fingerprint density at radius 2 is 1.73 bits per heavy atom. The Labute approximate surface area is 244 Å². The van der Waals surface area contributed by atoms with Crippen molar-refractivity contribution in [3.8, 4) is 0 Å². The van der Waals surface area contributed by atoms with Crippen molar-refractivity contribution in [1.29, 1.82) is 0 Å². The first-order valence-corrected chi connectivity index (χ1v) is 14.2. The third kappa shape index (κ3) is 6.85. The average molecular weight is 572 g/mol. The summed E-state index contributed by atoms with van der Waals surface area (Å²) in [6, 6.07) is 24.1. The molecule has 41 heavy (non-hydrogen) atoms. The van der Waals surface area contributed by atoms with Gasteiger partial charge in [0.05, 0.1) is 13.1 Å². The minimum atomic E-state index is -0.953. The number of nitrogens with zero attached hydrogens (tertiary/aromatic N) is 2. The molecule has 9 heteroatoms. The highest BCUT2D eigenvalue weighted by molar-refractivity contribution is 6.31. The molecule has 212 valence electrons. The van der Waals surface area contributed by atoms with Crippen LogP contribution in [0.2, 0.25) is 5.02 Å². The number of hydrogen-bond donors (Lipinski definition) is 3. The molecule has 1 aliphatic rings. The molecular weight excluding hydrogens is 538 g/mol. The van der Waals surface area contributed by atoms with Crippen LogP contribution >= 0.6 is 11.6 Å². The van der Waals surface area contributed by atoms with Gasteiger partial charge in [-0.2, -0.15) is 0 Å². The number of carbonyl (C=O) groups is 3. The molecule has 0 saturated carbocycles. The van der Waals surface area contributed by atoms with Gasteiger partial charge in [0.2, 0.25) is 11.8 Å². The monoisotopic (exact) mass is 571 g/mol. The molecule has 1 saturated heterocycles. The number of halogens is 1. The summed E-state index contributed by atoms with van der Waals surface area (Å²) in [5.41, 5.74) is 3.60. The van der Waals surface area contributed by atoms with Crippen LogP contribution in [0.25, 0.3) is 10.9 Å². The molecule has 1 fully saturated rings. The van der Waals surface area contributed by atoms with Crippen molar-refractivity contribution in [1.82, 2.24) is 25.4 Å². The van der Waals surface area contributed by atoms with Crippen molar-refractivity contribution < 1.29 is 14.4 Å². The van der Waals surface area contributed by atoms with Gasteiger partial charge in [-0.3, -0.25) is 24.2 Å². The van der Waals surface area contributed by atoms with Crippen LogP contribution in [0.4, 0.5) is 0 Å². The zero-order valence-corrected chi connectivity index (χ0v) is 23.7. The summed E-state index contributed by atoms with van der Waals surface area (Å²) in [6.45, 7) is 3.69. The Morgan fingerprint density at radius 3 is 2.51 bits per heavy atom. The van der Waals surface area contributed by atoms with E-state index < -0.39 is 17.9 Å². The summed E-state index contributed by atoms with van der Waals surface area (Å²) in [5, 5.41) is 7.83. The number of para-hydroxylation sites is 1. The van der Waals surface area contributed by atoms with Crippen molar-refractivity contribution in [2.24, 2.45) is 0 Å². The molecule has 0 radical (unpaired) electrons. The minimum Gasteiger partial charge on any atom is -0.361 e. The highest BCUT2D eigenvalue weighted by atomic mass is 35.5. The molecule has 2 atom stereocenters. The average Bonchev–Trinajstić information content (AvgIpc) is 3.39. The number of imide groups is 1. The van der Waals surface area contributed by atoms with Crippen molar-refractivity contribution in [3.05, 3.63) is 107 Å². The standard InChI is InChI=1S/C32H34ClN5O3/c1-22(39)38(20-24-11-5-7-13-27(24)33)32(41)29(17-25-18-35-28-14-8-6-12-26(25)28)36-31(40)21-37-16-15-34-19-30(37)23-9-3-2-4-10-23/h2-14,18,29-30,34-35H,15-17,19-21H2,1H3,(H,36,40). The summed E-state index contributed by atoms with van der Waals surface area (Å²) in [7, 11) is 0. The van der Waals surface area contributed by atoms with Gasteiger partial charge in [0, 0.05) is 61.1 Å². The second-order valence-electron chi connectivity index (χ2n) is 10.3. The topological polar surface area (TPSA) is 97.5 Å². The molecule has 8 nitrogen and oxygen atoms in total. The van der Waals surface area contributed by atoms with Crippen LogP contribution in [0.5, 0.6) is 0 Å². The number of aromatic nitrogens is 1. The lowest BCUT2D eigenvalue weighted by Crippen LogP contribution is -2.54. The minimum absolute atomic E-state index is 0.0158. The zero-order chi connectivity index (χ0) is 28.8. The summed E-state index contributed by atoms with van der Waals surface area (Å²) >= 11 is 6.36. The predicted octanol–water partition coefficient (Wildman–Crippen LogP) is 4.07. The van der Waals surface area contributed by atoms with E-state index in [2.05, 4.69) is 32.7 Å². The molecule has 3 amide bonds. The van der Waals surface area contributed by atoms with Gasteiger partial charge in [0.25, 0.3) is 5.91 Å².